The van der Waals surface area contributed by atoms with E-state index in [1.54, 1.807) is 0 Å². The highest BCUT2D eigenvalue weighted by molar-refractivity contribution is 7.80. The van der Waals surface area contributed by atoms with Gasteiger partial charge in [-0.1, -0.05) is 12.1 Å². The Morgan fingerprint density at radius 1 is 1.03 bits per heavy atom. The third-order valence-corrected chi connectivity index (χ3v) is 6.83. The molecule has 7 heteroatoms. The number of thiocarbonyl (C=S) groups is 1. The van der Waals surface area contributed by atoms with Crippen LogP contribution < -0.4 is 15.0 Å². The maximum Gasteiger partial charge on any atom is 0.174 e. The minimum atomic E-state index is -0.0809. The highest BCUT2D eigenvalue weighted by Crippen LogP contribution is 2.43. The zero-order valence-electron chi connectivity index (χ0n) is 20.2. The zero-order valence-corrected chi connectivity index (χ0v) is 21.0. The van der Waals surface area contributed by atoms with E-state index in [2.05, 4.69) is 68.9 Å². The van der Waals surface area contributed by atoms with Gasteiger partial charge in [0, 0.05) is 42.2 Å². The highest BCUT2D eigenvalue weighted by atomic mass is 32.1. The number of nitrogens with one attached hydrogen (secondary N) is 1. The summed E-state index contributed by atoms with van der Waals surface area (Å²) in [5.41, 5.74) is 6.79. The van der Waals surface area contributed by atoms with Crippen LogP contribution in [0.25, 0.3) is 0 Å². The van der Waals surface area contributed by atoms with E-state index in [1.165, 1.54) is 22.5 Å². The van der Waals surface area contributed by atoms with Crippen molar-refractivity contribution in [3.8, 4) is 5.75 Å². The van der Waals surface area contributed by atoms with Gasteiger partial charge in [0.05, 0.1) is 24.4 Å². The number of pyridine rings is 2. The molecule has 0 radical (unpaired) electrons. The van der Waals surface area contributed by atoms with Gasteiger partial charge in [0.2, 0.25) is 0 Å². The summed E-state index contributed by atoms with van der Waals surface area (Å²) in [4.78, 5) is 11.2. The molecule has 0 unspecified atom stereocenters. The van der Waals surface area contributed by atoms with Crippen molar-refractivity contribution in [2.45, 2.75) is 39.4 Å². The van der Waals surface area contributed by atoms with Gasteiger partial charge in [-0.2, -0.15) is 0 Å². The van der Waals surface area contributed by atoms with E-state index in [4.69, 9.17) is 17.0 Å². The summed E-state index contributed by atoms with van der Waals surface area (Å²) in [6.07, 6.45) is 5.57. The Morgan fingerprint density at radius 2 is 1.86 bits per heavy atom. The molecule has 3 aromatic heterocycles. The van der Waals surface area contributed by atoms with Crippen LogP contribution in [-0.4, -0.2) is 26.3 Å². The molecule has 178 valence electrons. The number of anilines is 1. The number of aryl methyl sites for hydroxylation is 1. The second-order valence-corrected chi connectivity index (χ2v) is 9.08. The Balaban J connectivity index is 1.59. The predicted octanol–water partition coefficient (Wildman–Crippen LogP) is 5.52. The molecular formula is C28H29N5OS. The Kier molecular flexibility index (Phi) is 6.51. The maximum atomic E-state index is 5.89. The van der Waals surface area contributed by atoms with Gasteiger partial charge in [0.1, 0.15) is 5.75 Å². The zero-order chi connectivity index (χ0) is 24.4. The van der Waals surface area contributed by atoms with Crippen molar-refractivity contribution in [2.75, 3.05) is 11.5 Å². The van der Waals surface area contributed by atoms with Gasteiger partial charge in [-0.05, 0) is 92.6 Å². The molecule has 0 bridgehead atoms. The number of aromatic nitrogens is 3. The minimum absolute atomic E-state index is 0.0517. The molecule has 6 nitrogen and oxygen atoms in total. The smallest absolute Gasteiger partial charge is 0.174 e. The van der Waals surface area contributed by atoms with Crippen molar-refractivity contribution < 1.29 is 4.74 Å². The predicted molar refractivity (Wildman–Crippen MR) is 143 cm³/mol. The van der Waals surface area contributed by atoms with E-state index < -0.39 is 0 Å². The van der Waals surface area contributed by atoms with Gasteiger partial charge < -0.3 is 19.5 Å². The summed E-state index contributed by atoms with van der Waals surface area (Å²) in [5.74, 6) is 0.849. The Bertz CT molecular complexity index is 1300. The summed E-state index contributed by atoms with van der Waals surface area (Å²) in [5, 5.41) is 4.24. The maximum absolute atomic E-state index is 5.89. The summed E-state index contributed by atoms with van der Waals surface area (Å²) < 4.78 is 8.01. The van der Waals surface area contributed by atoms with E-state index in [9.17, 15) is 0 Å². The molecule has 0 amide bonds. The van der Waals surface area contributed by atoms with Crippen LogP contribution in [0.5, 0.6) is 5.75 Å². The van der Waals surface area contributed by atoms with Crippen LogP contribution in [0.1, 0.15) is 47.2 Å². The number of ether oxygens (including phenoxy) is 1. The first-order valence-corrected chi connectivity index (χ1v) is 12.3. The second kappa shape index (κ2) is 9.88. The molecule has 35 heavy (non-hydrogen) atoms. The third kappa shape index (κ3) is 4.51. The van der Waals surface area contributed by atoms with E-state index in [-0.39, 0.29) is 12.1 Å². The van der Waals surface area contributed by atoms with Crippen LogP contribution in [0.4, 0.5) is 5.69 Å². The van der Waals surface area contributed by atoms with Crippen LogP contribution >= 0.6 is 12.2 Å². The first kappa shape index (κ1) is 23.1. The second-order valence-electron chi connectivity index (χ2n) is 8.70. The fraction of sp³-hybridized carbons (Fsp3) is 0.250. The number of rotatable bonds is 7. The van der Waals surface area contributed by atoms with Gasteiger partial charge in [0.25, 0.3) is 0 Å². The topological polar surface area (TPSA) is 55.2 Å². The Labute approximate surface area is 211 Å². The molecule has 1 aliphatic heterocycles. The first-order chi connectivity index (χ1) is 17.1. The molecule has 2 atom stereocenters. The SMILES string of the molecule is CCOc1ccc(N2C(=S)N[C@H](c3ccccn3)[C@H]2c2cc(C)n(Cc3cccnc3)c2C)cc1. The molecule has 1 N–H and O–H groups in total. The van der Waals surface area contributed by atoms with Crippen LogP contribution in [0.3, 0.4) is 0 Å². The van der Waals surface area contributed by atoms with Crippen molar-refractivity contribution in [1.29, 1.82) is 0 Å². The highest BCUT2D eigenvalue weighted by Gasteiger charge is 2.42. The van der Waals surface area contributed by atoms with Gasteiger partial charge >= 0.3 is 0 Å². The standard InChI is InChI=1S/C28H29N5OS/c1-4-34-23-12-10-22(11-13-23)33-27(26(31-28(33)35)25-9-5-6-15-30-25)24-16-19(2)32(20(24)3)18-21-8-7-14-29-17-21/h5-17,26-27H,4,18H2,1-3H3,(H,31,35)/t26-,27-/m1/s1. The Hall–Kier alpha value is -3.71. The molecule has 1 aromatic carbocycles. The van der Waals surface area contributed by atoms with E-state index in [0.717, 1.165) is 23.7 Å². The molecule has 5 rings (SSSR count). The van der Waals surface area contributed by atoms with Crippen LogP contribution in [0.15, 0.2) is 79.3 Å². The molecule has 1 aliphatic rings. The van der Waals surface area contributed by atoms with Crippen molar-refractivity contribution in [2.24, 2.45) is 0 Å². The van der Waals surface area contributed by atoms with E-state index in [0.29, 0.717) is 11.7 Å². The van der Waals surface area contributed by atoms with Crippen LogP contribution in [0.2, 0.25) is 0 Å². The molecule has 0 saturated carbocycles. The number of hydrogen-bond donors (Lipinski definition) is 1. The van der Waals surface area contributed by atoms with Crippen molar-refractivity contribution in [1.82, 2.24) is 19.9 Å². The minimum Gasteiger partial charge on any atom is -0.494 e. The summed E-state index contributed by atoms with van der Waals surface area (Å²) in [6, 6.07) is 20.4. The van der Waals surface area contributed by atoms with Crippen molar-refractivity contribution in [3.63, 3.8) is 0 Å². The average Bonchev–Trinajstić information content (AvgIpc) is 3.37. The fourth-order valence-corrected chi connectivity index (χ4v) is 5.21. The summed E-state index contributed by atoms with van der Waals surface area (Å²) in [7, 11) is 0. The lowest BCUT2D eigenvalue weighted by Gasteiger charge is -2.28. The number of nitrogens with zero attached hydrogens (tertiary/aromatic N) is 4. The lowest BCUT2D eigenvalue weighted by molar-refractivity contribution is 0.340. The molecule has 0 aliphatic carbocycles. The molecule has 1 fully saturated rings. The van der Waals surface area contributed by atoms with Crippen molar-refractivity contribution >= 4 is 23.0 Å². The summed E-state index contributed by atoms with van der Waals surface area (Å²) in [6.45, 7) is 7.74. The Morgan fingerprint density at radius 3 is 2.54 bits per heavy atom. The van der Waals surface area contributed by atoms with Gasteiger partial charge in [0.15, 0.2) is 5.11 Å². The van der Waals surface area contributed by atoms with Gasteiger partial charge in [-0.25, -0.2) is 0 Å². The summed E-state index contributed by atoms with van der Waals surface area (Å²) >= 11 is 5.89. The van der Waals surface area contributed by atoms with E-state index in [1.807, 2.05) is 55.8 Å². The normalized spacial score (nSPS) is 17.5. The van der Waals surface area contributed by atoms with E-state index >= 15 is 0 Å². The largest absolute Gasteiger partial charge is 0.494 e. The van der Waals surface area contributed by atoms with Crippen molar-refractivity contribution in [3.05, 3.63) is 107 Å². The van der Waals surface area contributed by atoms with Crippen LogP contribution in [-0.2, 0) is 6.54 Å². The van der Waals surface area contributed by atoms with Gasteiger partial charge in [-0.3, -0.25) is 9.97 Å². The first-order valence-electron chi connectivity index (χ1n) is 11.9. The molecule has 4 heterocycles. The monoisotopic (exact) mass is 483 g/mol. The van der Waals surface area contributed by atoms with Crippen LogP contribution in [0, 0.1) is 13.8 Å². The molecular weight excluding hydrogens is 454 g/mol. The third-order valence-electron chi connectivity index (χ3n) is 6.52. The average molecular weight is 484 g/mol. The number of benzene rings is 1. The quantitative estimate of drug-likeness (QED) is 0.350. The lowest BCUT2D eigenvalue weighted by atomic mass is 9.96. The molecule has 1 saturated heterocycles. The molecule has 4 aromatic rings. The number of hydrogen-bond acceptors (Lipinski definition) is 4. The lowest BCUT2D eigenvalue weighted by Crippen LogP contribution is -2.29. The fourth-order valence-electron chi connectivity index (χ4n) is 4.86. The van der Waals surface area contributed by atoms with Gasteiger partial charge in [-0.15, -0.1) is 0 Å². The molecule has 0 spiro atoms.